The predicted octanol–water partition coefficient (Wildman–Crippen LogP) is 3.13. The Balaban J connectivity index is 4.46. The van der Waals surface area contributed by atoms with Crippen LogP contribution >= 0.6 is 0 Å². The Bertz CT molecular complexity index is 219. The molecule has 1 unspecified atom stereocenters. The lowest BCUT2D eigenvalue weighted by molar-refractivity contribution is 0.459. The van der Waals surface area contributed by atoms with Crippen molar-refractivity contribution in [2.24, 2.45) is 10.2 Å². The molecule has 0 saturated carbocycles. The van der Waals surface area contributed by atoms with Crippen molar-refractivity contribution in [3.8, 4) is 6.07 Å². The molecular weight excluding hydrogens is 162 g/mol. The van der Waals surface area contributed by atoms with Crippen LogP contribution in [0.5, 0.6) is 0 Å². The van der Waals surface area contributed by atoms with E-state index in [9.17, 15) is 0 Å². The van der Waals surface area contributed by atoms with Crippen LogP contribution in [0.25, 0.3) is 0 Å². The maximum absolute atomic E-state index is 8.88. The third-order valence-electron chi connectivity index (χ3n) is 1.48. The second-order valence-electron chi connectivity index (χ2n) is 4.36. The van der Waals surface area contributed by atoms with Crippen molar-refractivity contribution in [2.45, 2.75) is 51.6 Å². The maximum Gasteiger partial charge on any atom is 0.164 e. The molecule has 13 heavy (non-hydrogen) atoms. The van der Waals surface area contributed by atoms with Gasteiger partial charge in [-0.15, -0.1) is 0 Å². The minimum Gasteiger partial charge on any atom is -0.196 e. The van der Waals surface area contributed by atoms with Crippen molar-refractivity contribution < 1.29 is 0 Å². The van der Waals surface area contributed by atoms with E-state index in [4.69, 9.17) is 5.26 Å². The van der Waals surface area contributed by atoms with E-state index in [0.717, 1.165) is 0 Å². The Morgan fingerprint density at radius 1 is 1.23 bits per heavy atom. The summed E-state index contributed by atoms with van der Waals surface area (Å²) < 4.78 is 0. The standard InChI is InChI=1S/C10H18N3/c1-6-7-10(5,8-11)13-12-9(2,3)4/h1,6-7H2,2-5H3/b13-12+. The first-order valence-electron chi connectivity index (χ1n) is 4.47. The zero-order chi connectivity index (χ0) is 10.5. The molecule has 0 amide bonds. The van der Waals surface area contributed by atoms with Crippen LogP contribution in [0.3, 0.4) is 0 Å². The van der Waals surface area contributed by atoms with Gasteiger partial charge < -0.3 is 0 Å². The van der Waals surface area contributed by atoms with Gasteiger partial charge in [0.25, 0.3) is 0 Å². The van der Waals surface area contributed by atoms with Gasteiger partial charge in [-0.2, -0.15) is 15.5 Å². The van der Waals surface area contributed by atoms with Gasteiger partial charge in [-0.1, -0.05) is 6.92 Å². The summed E-state index contributed by atoms with van der Waals surface area (Å²) in [6, 6.07) is 2.15. The Kier molecular flexibility index (Phi) is 4.06. The Labute approximate surface area is 80.9 Å². The minimum atomic E-state index is -0.699. The van der Waals surface area contributed by atoms with Gasteiger partial charge >= 0.3 is 0 Å². The summed E-state index contributed by atoms with van der Waals surface area (Å²) in [6.45, 7) is 11.4. The highest BCUT2D eigenvalue weighted by molar-refractivity contribution is 5.03. The number of azo groups is 1. The fraction of sp³-hybridized carbons (Fsp3) is 0.800. The van der Waals surface area contributed by atoms with Gasteiger partial charge in [0.1, 0.15) is 0 Å². The zero-order valence-electron chi connectivity index (χ0n) is 8.96. The lowest BCUT2D eigenvalue weighted by atomic mass is 10.00. The van der Waals surface area contributed by atoms with E-state index in [1.54, 1.807) is 6.92 Å². The second kappa shape index (κ2) is 4.36. The molecular formula is C10H18N3. The van der Waals surface area contributed by atoms with E-state index >= 15 is 0 Å². The molecule has 0 N–H and O–H groups in total. The largest absolute Gasteiger partial charge is 0.196 e. The summed E-state index contributed by atoms with van der Waals surface area (Å²) in [5.41, 5.74) is -0.908. The molecule has 0 heterocycles. The van der Waals surface area contributed by atoms with E-state index in [2.05, 4.69) is 23.2 Å². The average Bonchev–Trinajstić information content (AvgIpc) is 2.01. The van der Waals surface area contributed by atoms with Crippen LogP contribution in [0.15, 0.2) is 10.2 Å². The van der Waals surface area contributed by atoms with Crippen LogP contribution in [-0.2, 0) is 0 Å². The van der Waals surface area contributed by atoms with E-state index in [1.165, 1.54) is 0 Å². The summed E-state index contributed by atoms with van der Waals surface area (Å²) in [4.78, 5) is 0. The molecule has 0 bridgehead atoms. The SMILES string of the molecule is [CH2]CCC(C)(C#N)/N=N/C(C)(C)C. The number of hydrogen-bond acceptors (Lipinski definition) is 3. The van der Waals surface area contributed by atoms with Gasteiger partial charge in [-0.25, -0.2) is 0 Å². The monoisotopic (exact) mass is 180 g/mol. The average molecular weight is 180 g/mol. The predicted molar refractivity (Wildman–Crippen MR) is 53.2 cm³/mol. The Morgan fingerprint density at radius 3 is 2.08 bits per heavy atom. The van der Waals surface area contributed by atoms with Crippen LogP contribution < -0.4 is 0 Å². The van der Waals surface area contributed by atoms with Crippen LogP contribution in [0.4, 0.5) is 0 Å². The van der Waals surface area contributed by atoms with Crippen molar-refractivity contribution in [1.82, 2.24) is 0 Å². The van der Waals surface area contributed by atoms with E-state index in [1.807, 2.05) is 20.8 Å². The normalized spacial score (nSPS) is 16.9. The number of nitriles is 1. The van der Waals surface area contributed by atoms with Crippen LogP contribution in [0.2, 0.25) is 0 Å². The summed E-state index contributed by atoms with van der Waals surface area (Å²) >= 11 is 0. The smallest absolute Gasteiger partial charge is 0.164 e. The Hall–Kier alpha value is -0.910. The van der Waals surface area contributed by atoms with Gasteiger partial charge in [-0.3, -0.25) is 0 Å². The minimum absolute atomic E-state index is 0.209. The van der Waals surface area contributed by atoms with E-state index in [-0.39, 0.29) is 5.54 Å². The van der Waals surface area contributed by atoms with Crippen LogP contribution in [0.1, 0.15) is 40.5 Å². The molecule has 0 aromatic heterocycles. The molecule has 0 saturated heterocycles. The first-order valence-corrected chi connectivity index (χ1v) is 4.47. The quantitative estimate of drug-likeness (QED) is 0.615. The zero-order valence-corrected chi connectivity index (χ0v) is 8.96. The third-order valence-corrected chi connectivity index (χ3v) is 1.48. The highest BCUT2D eigenvalue weighted by Crippen LogP contribution is 2.19. The molecule has 73 valence electrons. The molecule has 0 aromatic rings. The van der Waals surface area contributed by atoms with Crippen molar-refractivity contribution in [2.75, 3.05) is 0 Å². The van der Waals surface area contributed by atoms with Crippen molar-refractivity contribution >= 4 is 0 Å². The van der Waals surface area contributed by atoms with Crippen molar-refractivity contribution in [3.63, 3.8) is 0 Å². The third kappa shape index (κ3) is 5.35. The first kappa shape index (κ1) is 12.1. The van der Waals surface area contributed by atoms with E-state index < -0.39 is 5.54 Å². The second-order valence-corrected chi connectivity index (χ2v) is 4.36. The topological polar surface area (TPSA) is 48.5 Å². The van der Waals surface area contributed by atoms with Crippen molar-refractivity contribution in [3.05, 3.63) is 6.92 Å². The number of hydrogen-bond donors (Lipinski definition) is 0. The molecule has 0 rings (SSSR count). The number of rotatable bonds is 3. The molecule has 0 spiro atoms. The van der Waals surface area contributed by atoms with Gasteiger partial charge in [0.2, 0.25) is 0 Å². The summed E-state index contributed by atoms with van der Waals surface area (Å²) in [7, 11) is 0. The lowest BCUT2D eigenvalue weighted by Gasteiger charge is -2.17. The highest BCUT2D eigenvalue weighted by Gasteiger charge is 2.22. The van der Waals surface area contributed by atoms with Crippen LogP contribution in [-0.4, -0.2) is 11.1 Å². The van der Waals surface area contributed by atoms with Gasteiger partial charge in [-0.05, 0) is 40.5 Å². The number of nitrogens with zero attached hydrogens (tertiary/aromatic N) is 3. The van der Waals surface area contributed by atoms with Crippen LogP contribution in [0, 0.1) is 18.3 Å². The van der Waals surface area contributed by atoms with Gasteiger partial charge in [0.15, 0.2) is 5.54 Å². The van der Waals surface area contributed by atoms with Gasteiger partial charge in [0.05, 0.1) is 11.6 Å². The molecule has 1 atom stereocenters. The summed E-state index contributed by atoms with van der Waals surface area (Å²) in [5.74, 6) is 0. The molecule has 0 aromatic carbocycles. The maximum atomic E-state index is 8.88. The first-order chi connectivity index (χ1) is 5.83. The summed E-state index contributed by atoms with van der Waals surface area (Å²) in [5, 5.41) is 17.0. The molecule has 0 aliphatic heterocycles. The molecule has 1 radical (unpaired) electrons. The molecule has 3 nitrogen and oxygen atoms in total. The molecule has 3 heteroatoms. The molecule has 0 aliphatic rings. The van der Waals surface area contributed by atoms with Gasteiger partial charge in [0, 0.05) is 0 Å². The van der Waals surface area contributed by atoms with E-state index in [0.29, 0.717) is 12.8 Å². The molecule has 0 fully saturated rings. The Morgan fingerprint density at radius 2 is 1.77 bits per heavy atom. The lowest BCUT2D eigenvalue weighted by Crippen LogP contribution is -2.20. The summed E-state index contributed by atoms with van der Waals surface area (Å²) in [6.07, 6.45) is 1.36. The fourth-order valence-corrected chi connectivity index (χ4v) is 0.733. The highest BCUT2D eigenvalue weighted by atomic mass is 15.2. The van der Waals surface area contributed by atoms with Crippen molar-refractivity contribution in [1.29, 1.82) is 5.26 Å². The molecule has 0 aliphatic carbocycles. The fourth-order valence-electron chi connectivity index (χ4n) is 0.733.